The number of aromatic nitrogens is 3. The first-order valence-corrected chi connectivity index (χ1v) is 6.18. The number of hydrogen-bond acceptors (Lipinski definition) is 2. The molecule has 0 saturated heterocycles. The van der Waals surface area contributed by atoms with Gasteiger partial charge in [-0.15, -0.1) is 0 Å². The molecule has 1 aromatic carbocycles. The van der Waals surface area contributed by atoms with Crippen molar-refractivity contribution in [1.29, 1.82) is 0 Å². The molecule has 0 fully saturated rings. The van der Waals surface area contributed by atoms with E-state index in [4.69, 9.17) is 0 Å². The molecule has 21 heavy (non-hydrogen) atoms. The van der Waals surface area contributed by atoms with Gasteiger partial charge in [0.05, 0.1) is 5.69 Å². The van der Waals surface area contributed by atoms with Crippen molar-refractivity contribution in [1.82, 2.24) is 14.8 Å². The zero-order valence-corrected chi connectivity index (χ0v) is 10.7. The second-order valence-corrected chi connectivity index (χ2v) is 4.41. The molecule has 0 aliphatic heterocycles. The second-order valence-electron chi connectivity index (χ2n) is 4.41. The second kappa shape index (κ2) is 5.05. The molecule has 3 rings (SSSR count). The van der Waals surface area contributed by atoms with Crippen LogP contribution in [0.3, 0.4) is 0 Å². The van der Waals surface area contributed by atoms with Gasteiger partial charge in [-0.1, -0.05) is 18.2 Å². The van der Waals surface area contributed by atoms with E-state index in [1.54, 1.807) is 30.3 Å². The smallest absolute Gasteiger partial charge is 0.265 e. The molecule has 0 saturated carbocycles. The number of rotatable bonds is 2. The van der Waals surface area contributed by atoms with Crippen molar-refractivity contribution in [3.63, 3.8) is 0 Å². The monoisotopic (exact) mass is 289 g/mol. The van der Waals surface area contributed by atoms with Gasteiger partial charge in [0.15, 0.2) is 5.69 Å². The van der Waals surface area contributed by atoms with Crippen LogP contribution in [0.5, 0.6) is 0 Å². The quantitative estimate of drug-likeness (QED) is 0.715. The molecule has 0 spiro atoms. The van der Waals surface area contributed by atoms with Crippen LogP contribution in [0.2, 0.25) is 0 Å². The highest BCUT2D eigenvalue weighted by Crippen LogP contribution is 2.36. The minimum atomic E-state index is -4.52. The molecule has 6 heteroatoms. The van der Waals surface area contributed by atoms with Crippen molar-refractivity contribution in [2.75, 3.05) is 0 Å². The molecule has 0 atom stereocenters. The molecule has 0 aliphatic rings. The SMILES string of the molecule is FC(F)(F)c1nn(-c2ccccc2)cc1-c1ccncc1. The Morgan fingerprint density at radius 1 is 0.905 bits per heavy atom. The topological polar surface area (TPSA) is 30.7 Å². The van der Waals surface area contributed by atoms with Gasteiger partial charge in [-0.25, -0.2) is 4.68 Å². The average molecular weight is 289 g/mol. The molecule has 0 bridgehead atoms. The Kier molecular flexibility index (Phi) is 3.21. The summed E-state index contributed by atoms with van der Waals surface area (Å²) in [6.45, 7) is 0. The Bertz CT molecular complexity index is 734. The molecule has 2 heterocycles. The van der Waals surface area contributed by atoms with Crippen LogP contribution >= 0.6 is 0 Å². The van der Waals surface area contributed by atoms with E-state index in [1.807, 2.05) is 0 Å². The Morgan fingerprint density at radius 3 is 2.19 bits per heavy atom. The zero-order chi connectivity index (χ0) is 14.9. The average Bonchev–Trinajstić information content (AvgIpc) is 2.94. The molecule has 3 aromatic rings. The molecule has 0 amide bonds. The molecular weight excluding hydrogens is 279 g/mol. The van der Waals surface area contributed by atoms with Crippen molar-refractivity contribution in [2.45, 2.75) is 6.18 Å². The van der Waals surface area contributed by atoms with Crippen LogP contribution in [0.1, 0.15) is 5.69 Å². The number of nitrogens with zero attached hydrogens (tertiary/aromatic N) is 3. The van der Waals surface area contributed by atoms with E-state index in [1.165, 1.54) is 35.4 Å². The van der Waals surface area contributed by atoms with E-state index in [9.17, 15) is 13.2 Å². The molecule has 106 valence electrons. The Labute approximate surface area is 118 Å². The van der Waals surface area contributed by atoms with Crippen LogP contribution in [0, 0.1) is 0 Å². The fraction of sp³-hybridized carbons (Fsp3) is 0.0667. The third-order valence-electron chi connectivity index (χ3n) is 2.99. The highest BCUT2D eigenvalue weighted by molar-refractivity contribution is 5.66. The van der Waals surface area contributed by atoms with Crippen molar-refractivity contribution in [2.24, 2.45) is 0 Å². The maximum absolute atomic E-state index is 13.2. The van der Waals surface area contributed by atoms with Crippen molar-refractivity contribution in [3.8, 4) is 16.8 Å². The van der Waals surface area contributed by atoms with E-state index < -0.39 is 11.9 Å². The summed E-state index contributed by atoms with van der Waals surface area (Å²) < 4.78 is 40.7. The lowest BCUT2D eigenvalue weighted by Gasteiger charge is -2.05. The number of pyridine rings is 1. The molecule has 2 aromatic heterocycles. The van der Waals surface area contributed by atoms with Crippen LogP contribution in [0.15, 0.2) is 61.1 Å². The van der Waals surface area contributed by atoms with Crippen molar-refractivity contribution in [3.05, 3.63) is 66.7 Å². The summed E-state index contributed by atoms with van der Waals surface area (Å²) >= 11 is 0. The van der Waals surface area contributed by atoms with Gasteiger partial charge >= 0.3 is 6.18 Å². The van der Waals surface area contributed by atoms with E-state index in [0.29, 0.717) is 11.3 Å². The van der Waals surface area contributed by atoms with E-state index >= 15 is 0 Å². The molecule has 0 N–H and O–H groups in total. The maximum Gasteiger partial charge on any atom is 0.435 e. The summed E-state index contributed by atoms with van der Waals surface area (Å²) in [5, 5.41) is 3.70. The first-order valence-electron chi connectivity index (χ1n) is 6.18. The van der Waals surface area contributed by atoms with E-state index in [2.05, 4.69) is 10.1 Å². The predicted octanol–water partition coefficient (Wildman–Crippen LogP) is 3.95. The van der Waals surface area contributed by atoms with Crippen LogP contribution in [-0.4, -0.2) is 14.8 Å². The number of para-hydroxylation sites is 1. The van der Waals surface area contributed by atoms with Gasteiger partial charge in [0, 0.05) is 24.2 Å². The van der Waals surface area contributed by atoms with Crippen LogP contribution in [-0.2, 0) is 6.18 Å². The van der Waals surface area contributed by atoms with Crippen LogP contribution in [0.4, 0.5) is 13.2 Å². The highest BCUT2D eigenvalue weighted by Gasteiger charge is 2.37. The van der Waals surface area contributed by atoms with Gasteiger partial charge in [0.25, 0.3) is 0 Å². The highest BCUT2D eigenvalue weighted by atomic mass is 19.4. The summed E-state index contributed by atoms with van der Waals surface area (Å²) in [4.78, 5) is 3.82. The Morgan fingerprint density at radius 2 is 1.57 bits per heavy atom. The van der Waals surface area contributed by atoms with Crippen LogP contribution < -0.4 is 0 Å². The molecule has 0 unspecified atom stereocenters. The zero-order valence-electron chi connectivity index (χ0n) is 10.7. The standard InChI is InChI=1S/C15H10F3N3/c16-15(17,18)14-13(11-6-8-19-9-7-11)10-21(20-14)12-4-2-1-3-5-12/h1-10H. The number of benzene rings is 1. The van der Waals surface area contributed by atoms with E-state index in [-0.39, 0.29) is 5.56 Å². The first-order chi connectivity index (χ1) is 10.1. The minimum Gasteiger partial charge on any atom is -0.265 e. The third kappa shape index (κ3) is 2.65. The summed E-state index contributed by atoms with van der Waals surface area (Å²) in [7, 11) is 0. The van der Waals surface area contributed by atoms with Gasteiger partial charge in [-0.2, -0.15) is 18.3 Å². The third-order valence-corrected chi connectivity index (χ3v) is 2.99. The van der Waals surface area contributed by atoms with E-state index in [0.717, 1.165) is 0 Å². The Hall–Kier alpha value is -2.63. The van der Waals surface area contributed by atoms with Gasteiger partial charge < -0.3 is 0 Å². The summed E-state index contributed by atoms with van der Waals surface area (Å²) in [5.74, 6) is 0. The summed E-state index contributed by atoms with van der Waals surface area (Å²) in [6, 6.07) is 11.7. The lowest BCUT2D eigenvalue weighted by Crippen LogP contribution is -2.08. The predicted molar refractivity (Wildman–Crippen MR) is 71.8 cm³/mol. The molecule has 0 aliphatic carbocycles. The maximum atomic E-state index is 13.2. The fourth-order valence-corrected chi connectivity index (χ4v) is 2.04. The van der Waals surface area contributed by atoms with Gasteiger partial charge in [-0.05, 0) is 29.8 Å². The molecular formula is C15H10F3N3. The Balaban J connectivity index is 2.17. The minimum absolute atomic E-state index is 0.0359. The largest absolute Gasteiger partial charge is 0.435 e. The number of hydrogen-bond donors (Lipinski definition) is 0. The number of halogens is 3. The fourth-order valence-electron chi connectivity index (χ4n) is 2.04. The molecule has 3 nitrogen and oxygen atoms in total. The lowest BCUT2D eigenvalue weighted by atomic mass is 10.1. The summed E-state index contributed by atoms with van der Waals surface area (Å²) in [6.07, 6.45) is -0.225. The lowest BCUT2D eigenvalue weighted by molar-refractivity contribution is -0.140. The van der Waals surface area contributed by atoms with Crippen LogP contribution in [0.25, 0.3) is 16.8 Å². The van der Waals surface area contributed by atoms with Gasteiger partial charge in [0.1, 0.15) is 0 Å². The van der Waals surface area contributed by atoms with Gasteiger partial charge in [0.2, 0.25) is 0 Å². The summed E-state index contributed by atoms with van der Waals surface area (Å²) in [5.41, 5.74) is 0.133. The first kappa shape index (κ1) is 13.4. The normalized spacial score (nSPS) is 11.6. The van der Waals surface area contributed by atoms with Gasteiger partial charge in [-0.3, -0.25) is 4.98 Å². The van der Waals surface area contributed by atoms with Crippen molar-refractivity contribution >= 4 is 0 Å². The van der Waals surface area contributed by atoms with Crippen molar-refractivity contribution < 1.29 is 13.2 Å². The number of alkyl halides is 3. The molecule has 0 radical (unpaired) electrons.